The third-order valence-electron chi connectivity index (χ3n) is 4.59. The van der Waals surface area contributed by atoms with Crippen molar-refractivity contribution in [3.05, 3.63) is 70.8 Å². The Morgan fingerprint density at radius 2 is 2.00 bits per heavy atom. The van der Waals surface area contributed by atoms with Gasteiger partial charge in [0.05, 0.1) is 0 Å². The van der Waals surface area contributed by atoms with Gasteiger partial charge in [-0.15, -0.1) is 0 Å². The second kappa shape index (κ2) is 6.44. The van der Waals surface area contributed by atoms with E-state index in [0.29, 0.717) is 6.04 Å². The Morgan fingerprint density at radius 1 is 1.14 bits per heavy atom. The molecule has 0 aliphatic heterocycles. The van der Waals surface area contributed by atoms with Gasteiger partial charge in [0.1, 0.15) is 0 Å². The molecular weight excluding hydrogens is 254 g/mol. The van der Waals surface area contributed by atoms with E-state index >= 15 is 0 Å². The van der Waals surface area contributed by atoms with Crippen LogP contribution < -0.4 is 5.32 Å². The van der Waals surface area contributed by atoms with Gasteiger partial charge in [-0.2, -0.15) is 0 Å². The van der Waals surface area contributed by atoms with Crippen molar-refractivity contribution < 1.29 is 0 Å². The Balaban J connectivity index is 1.66. The lowest BCUT2D eigenvalue weighted by molar-refractivity contribution is 0.422. The summed E-state index contributed by atoms with van der Waals surface area (Å²) in [6, 6.07) is 18.4. The molecule has 0 saturated carbocycles. The van der Waals surface area contributed by atoms with Crippen molar-refractivity contribution in [2.45, 2.75) is 45.1 Å². The van der Waals surface area contributed by atoms with E-state index in [0.717, 1.165) is 18.9 Å². The fourth-order valence-corrected chi connectivity index (χ4v) is 3.57. The molecule has 0 bridgehead atoms. The van der Waals surface area contributed by atoms with Crippen LogP contribution >= 0.6 is 0 Å². The van der Waals surface area contributed by atoms with Crippen LogP contribution in [0.1, 0.15) is 41.5 Å². The van der Waals surface area contributed by atoms with E-state index < -0.39 is 0 Å². The van der Waals surface area contributed by atoms with Gasteiger partial charge in [-0.3, -0.25) is 0 Å². The van der Waals surface area contributed by atoms with Gasteiger partial charge in [0.15, 0.2) is 0 Å². The van der Waals surface area contributed by atoms with E-state index in [1.54, 1.807) is 11.1 Å². The third-order valence-corrected chi connectivity index (χ3v) is 4.59. The summed E-state index contributed by atoms with van der Waals surface area (Å²) in [4.78, 5) is 0. The highest BCUT2D eigenvalue weighted by Gasteiger charge is 2.27. The molecule has 1 N–H and O–H groups in total. The van der Waals surface area contributed by atoms with Crippen LogP contribution in [0, 0.1) is 6.92 Å². The van der Waals surface area contributed by atoms with Crippen molar-refractivity contribution >= 4 is 0 Å². The molecular formula is C20H25N. The second-order valence-corrected chi connectivity index (χ2v) is 6.28. The van der Waals surface area contributed by atoms with Gasteiger partial charge in [-0.1, -0.05) is 61.0 Å². The lowest BCUT2D eigenvalue weighted by atomic mass is 9.74. The maximum absolute atomic E-state index is 3.68. The first-order chi connectivity index (χ1) is 10.3. The zero-order valence-electron chi connectivity index (χ0n) is 13.1. The first-order valence-electron chi connectivity index (χ1n) is 8.13. The molecule has 3 rings (SSSR count). The van der Waals surface area contributed by atoms with Crippen LogP contribution in [0.3, 0.4) is 0 Å². The van der Waals surface area contributed by atoms with E-state index in [9.17, 15) is 0 Å². The molecule has 2 aromatic carbocycles. The topological polar surface area (TPSA) is 12.0 Å². The fourth-order valence-electron chi connectivity index (χ4n) is 3.57. The third kappa shape index (κ3) is 3.36. The molecule has 110 valence electrons. The van der Waals surface area contributed by atoms with Crippen LogP contribution in [-0.2, 0) is 12.8 Å². The van der Waals surface area contributed by atoms with E-state index in [1.807, 2.05) is 0 Å². The number of rotatable bonds is 6. The number of hydrogen-bond acceptors (Lipinski definition) is 1. The highest BCUT2D eigenvalue weighted by molar-refractivity contribution is 5.40. The Hall–Kier alpha value is -1.60. The lowest BCUT2D eigenvalue weighted by Crippen LogP contribution is -2.35. The summed E-state index contributed by atoms with van der Waals surface area (Å²) < 4.78 is 0. The predicted molar refractivity (Wildman–Crippen MR) is 89.9 cm³/mol. The SMILES string of the molecule is CCNC(Cc1cccc(C)c1)CC1Cc2ccccc21. The van der Waals surface area contributed by atoms with Crippen LogP contribution in [0.4, 0.5) is 0 Å². The molecule has 2 unspecified atom stereocenters. The van der Waals surface area contributed by atoms with E-state index in [4.69, 9.17) is 0 Å². The highest BCUT2D eigenvalue weighted by Crippen LogP contribution is 2.38. The van der Waals surface area contributed by atoms with Crippen molar-refractivity contribution in [3.8, 4) is 0 Å². The average Bonchev–Trinajstić information content (AvgIpc) is 2.45. The van der Waals surface area contributed by atoms with Crippen molar-refractivity contribution in [2.24, 2.45) is 0 Å². The molecule has 2 aromatic rings. The molecule has 0 saturated heterocycles. The molecule has 0 spiro atoms. The van der Waals surface area contributed by atoms with Crippen molar-refractivity contribution in [3.63, 3.8) is 0 Å². The predicted octanol–water partition coefficient (Wildman–Crippen LogP) is 4.25. The van der Waals surface area contributed by atoms with Crippen LogP contribution in [0.25, 0.3) is 0 Å². The van der Waals surface area contributed by atoms with Crippen LogP contribution in [0.5, 0.6) is 0 Å². The molecule has 21 heavy (non-hydrogen) atoms. The van der Waals surface area contributed by atoms with Gasteiger partial charge >= 0.3 is 0 Å². The minimum atomic E-state index is 0.579. The number of fused-ring (bicyclic) bond motifs is 1. The Kier molecular flexibility index (Phi) is 4.40. The van der Waals surface area contributed by atoms with Crippen molar-refractivity contribution in [2.75, 3.05) is 6.54 Å². The molecule has 1 aliphatic rings. The van der Waals surface area contributed by atoms with Gasteiger partial charge in [-0.05, 0) is 55.3 Å². The van der Waals surface area contributed by atoms with E-state index in [2.05, 4.69) is 67.7 Å². The Labute approximate surface area is 128 Å². The minimum Gasteiger partial charge on any atom is -0.314 e. The molecule has 0 aromatic heterocycles. The number of likely N-dealkylation sites (N-methyl/N-ethyl adjacent to an activating group) is 1. The molecule has 0 radical (unpaired) electrons. The molecule has 1 heteroatoms. The summed E-state index contributed by atoms with van der Waals surface area (Å²) in [6.07, 6.45) is 3.64. The van der Waals surface area contributed by atoms with Crippen LogP contribution in [0.2, 0.25) is 0 Å². The fraction of sp³-hybridized carbons (Fsp3) is 0.400. The van der Waals surface area contributed by atoms with Gasteiger partial charge in [0.25, 0.3) is 0 Å². The van der Waals surface area contributed by atoms with Gasteiger partial charge in [0.2, 0.25) is 0 Å². The standard InChI is InChI=1S/C20H25N/c1-3-21-19(12-16-8-6-7-15(2)11-16)14-18-13-17-9-4-5-10-20(17)18/h4-11,18-19,21H,3,12-14H2,1-2H3. The molecule has 2 atom stereocenters. The van der Waals surface area contributed by atoms with E-state index in [1.165, 1.54) is 24.0 Å². The molecule has 1 nitrogen and oxygen atoms in total. The minimum absolute atomic E-state index is 0.579. The Morgan fingerprint density at radius 3 is 2.76 bits per heavy atom. The normalized spacial score (nSPS) is 17.9. The first-order valence-corrected chi connectivity index (χ1v) is 8.13. The van der Waals surface area contributed by atoms with Crippen LogP contribution in [-0.4, -0.2) is 12.6 Å². The maximum Gasteiger partial charge on any atom is 0.0113 e. The number of nitrogens with one attached hydrogen (secondary N) is 1. The average molecular weight is 279 g/mol. The first kappa shape index (κ1) is 14.3. The monoisotopic (exact) mass is 279 g/mol. The molecule has 0 amide bonds. The van der Waals surface area contributed by atoms with Crippen molar-refractivity contribution in [1.29, 1.82) is 0 Å². The summed E-state index contributed by atoms with van der Waals surface area (Å²) in [5, 5.41) is 3.68. The Bertz CT molecular complexity index is 602. The number of aryl methyl sites for hydroxylation is 1. The molecule has 0 heterocycles. The summed E-state index contributed by atoms with van der Waals surface area (Å²) in [5.74, 6) is 0.745. The van der Waals surface area contributed by atoms with Crippen molar-refractivity contribution in [1.82, 2.24) is 5.32 Å². The largest absolute Gasteiger partial charge is 0.314 e. The molecule has 0 fully saturated rings. The van der Waals surface area contributed by atoms with Gasteiger partial charge in [0, 0.05) is 6.04 Å². The van der Waals surface area contributed by atoms with Gasteiger partial charge < -0.3 is 5.32 Å². The second-order valence-electron chi connectivity index (χ2n) is 6.28. The lowest BCUT2D eigenvalue weighted by Gasteiger charge is -2.33. The number of benzene rings is 2. The number of hydrogen-bond donors (Lipinski definition) is 1. The quantitative estimate of drug-likeness (QED) is 0.833. The molecule has 1 aliphatic carbocycles. The van der Waals surface area contributed by atoms with E-state index in [-0.39, 0.29) is 0 Å². The summed E-state index contributed by atoms with van der Waals surface area (Å²) in [7, 11) is 0. The maximum atomic E-state index is 3.68. The smallest absolute Gasteiger partial charge is 0.0113 e. The summed E-state index contributed by atoms with van der Waals surface area (Å²) in [5.41, 5.74) is 5.93. The highest BCUT2D eigenvalue weighted by atomic mass is 14.9. The zero-order valence-corrected chi connectivity index (χ0v) is 13.1. The van der Waals surface area contributed by atoms with Gasteiger partial charge in [-0.25, -0.2) is 0 Å². The zero-order chi connectivity index (χ0) is 14.7. The summed E-state index contributed by atoms with van der Waals surface area (Å²) >= 11 is 0. The summed E-state index contributed by atoms with van der Waals surface area (Å²) in [6.45, 7) is 5.43. The van der Waals surface area contributed by atoms with Crippen LogP contribution in [0.15, 0.2) is 48.5 Å².